The number of amides is 2. The number of hydrogen-bond acceptors (Lipinski definition) is 5. The second kappa shape index (κ2) is 7.04. The molecule has 1 aliphatic rings. The van der Waals surface area contributed by atoms with Gasteiger partial charge < -0.3 is 5.32 Å². The highest BCUT2D eigenvalue weighted by Crippen LogP contribution is 2.22. The summed E-state index contributed by atoms with van der Waals surface area (Å²) in [5.74, 6) is -0.527. The summed E-state index contributed by atoms with van der Waals surface area (Å²) < 4.78 is 0. The molecule has 25 heavy (non-hydrogen) atoms. The van der Waals surface area contributed by atoms with Gasteiger partial charge >= 0.3 is 0 Å². The van der Waals surface area contributed by atoms with Crippen molar-refractivity contribution in [3.63, 3.8) is 0 Å². The Hall–Kier alpha value is -3.35. The molecule has 1 heterocycles. The molecule has 0 fully saturated rings. The van der Waals surface area contributed by atoms with Gasteiger partial charge in [-0.3, -0.25) is 9.59 Å². The van der Waals surface area contributed by atoms with Crippen LogP contribution in [0, 0.1) is 6.92 Å². The molecule has 126 valence electrons. The number of nitrogens with one attached hydrogen (secondary N) is 1. The van der Waals surface area contributed by atoms with E-state index in [9.17, 15) is 9.59 Å². The first kappa shape index (κ1) is 16.5. The molecule has 1 aliphatic heterocycles. The van der Waals surface area contributed by atoms with Gasteiger partial charge in [0.05, 0.1) is 11.4 Å². The molecule has 0 spiro atoms. The highest BCUT2D eigenvalue weighted by molar-refractivity contribution is 6.21. The Labute approximate surface area is 145 Å². The van der Waals surface area contributed by atoms with Crippen LogP contribution in [0.3, 0.4) is 0 Å². The number of hydrogen-bond donors (Lipinski definition) is 1. The van der Waals surface area contributed by atoms with E-state index in [2.05, 4.69) is 20.6 Å². The van der Waals surface area contributed by atoms with Crippen molar-refractivity contribution in [3.8, 4) is 0 Å². The van der Waals surface area contributed by atoms with E-state index < -0.39 is 6.04 Å². The van der Waals surface area contributed by atoms with E-state index in [1.165, 1.54) is 11.9 Å². The Balaban J connectivity index is 1.90. The molecule has 7 heteroatoms. The van der Waals surface area contributed by atoms with Crippen LogP contribution in [0.1, 0.15) is 12.5 Å². The molecule has 0 bridgehead atoms. The van der Waals surface area contributed by atoms with Gasteiger partial charge in [0, 0.05) is 6.92 Å². The van der Waals surface area contributed by atoms with Gasteiger partial charge in [0.25, 0.3) is 5.91 Å². The Morgan fingerprint density at radius 3 is 2.60 bits per heavy atom. The smallest absolute Gasteiger partial charge is 0.282 e. The summed E-state index contributed by atoms with van der Waals surface area (Å²) in [5, 5.41) is 16.2. The lowest BCUT2D eigenvalue weighted by molar-refractivity contribution is -0.117. The van der Waals surface area contributed by atoms with Crippen molar-refractivity contribution in [2.24, 2.45) is 15.3 Å². The van der Waals surface area contributed by atoms with E-state index in [0.29, 0.717) is 11.4 Å². The molecule has 0 aromatic heterocycles. The van der Waals surface area contributed by atoms with E-state index >= 15 is 0 Å². The molecular weight excluding hydrogens is 318 g/mol. The number of rotatable bonds is 3. The number of nitrogens with zero attached hydrogens (tertiary/aromatic N) is 4. The van der Waals surface area contributed by atoms with Gasteiger partial charge in [-0.1, -0.05) is 30.3 Å². The second-order valence-electron chi connectivity index (χ2n) is 5.61. The van der Waals surface area contributed by atoms with E-state index in [4.69, 9.17) is 0 Å². The topological polar surface area (TPSA) is 86.5 Å². The van der Waals surface area contributed by atoms with Crippen molar-refractivity contribution in [3.05, 3.63) is 60.2 Å². The van der Waals surface area contributed by atoms with Gasteiger partial charge in [-0.25, -0.2) is 0 Å². The molecule has 0 radical (unpaired) electrons. The fraction of sp³-hybridized carbons (Fsp3) is 0.167. The maximum atomic E-state index is 12.7. The van der Waals surface area contributed by atoms with Crippen molar-refractivity contribution in [1.82, 2.24) is 5.32 Å². The van der Waals surface area contributed by atoms with Gasteiger partial charge in [-0.05, 0) is 36.8 Å². The zero-order chi connectivity index (χ0) is 17.8. The SMILES string of the molecule is CC(=O)NC1=NN(c2ccccc2)C(=O)[C@H]1N=Nc1cccc(C)c1. The van der Waals surface area contributed by atoms with Gasteiger partial charge in [0.2, 0.25) is 11.9 Å². The highest BCUT2D eigenvalue weighted by Gasteiger charge is 2.37. The summed E-state index contributed by atoms with van der Waals surface area (Å²) in [5.41, 5.74) is 2.27. The second-order valence-corrected chi connectivity index (χ2v) is 5.61. The number of para-hydroxylation sites is 1. The molecule has 0 saturated heterocycles. The summed E-state index contributed by atoms with van der Waals surface area (Å²) >= 11 is 0. The molecule has 0 saturated carbocycles. The van der Waals surface area contributed by atoms with Crippen molar-refractivity contribution in [1.29, 1.82) is 0 Å². The predicted octanol–water partition coefficient (Wildman–Crippen LogP) is 2.94. The summed E-state index contributed by atoms with van der Waals surface area (Å²) in [6, 6.07) is 15.4. The monoisotopic (exact) mass is 335 g/mol. The number of azo groups is 1. The van der Waals surface area contributed by atoms with Crippen LogP contribution < -0.4 is 10.3 Å². The van der Waals surface area contributed by atoms with Crippen molar-refractivity contribution >= 4 is 29.0 Å². The van der Waals surface area contributed by atoms with Gasteiger partial charge in [0.1, 0.15) is 0 Å². The van der Waals surface area contributed by atoms with E-state index in [1.807, 2.05) is 31.2 Å². The number of carbonyl (C=O) groups excluding carboxylic acids is 2. The average Bonchev–Trinajstić information content (AvgIpc) is 2.89. The Bertz CT molecular complexity index is 861. The molecular formula is C18H17N5O2. The molecule has 7 nitrogen and oxygen atoms in total. The molecule has 1 atom stereocenters. The molecule has 2 aromatic rings. The fourth-order valence-electron chi connectivity index (χ4n) is 2.39. The maximum Gasteiger partial charge on any atom is 0.282 e. The van der Waals surface area contributed by atoms with Crippen molar-refractivity contribution < 1.29 is 9.59 Å². The fourth-order valence-corrected chi connectivity index (χ4v) is 2.39. The normalized spacial score (nSPS) is 17.0. The van der Waals surface area contributed by atoms with Gasteiger partial charge in [-0.15, -0.1) is 5.10 Å². The molecule has 0 aliphatic carbocycles. The van der Waals surface area contributed by atoms with Gasteiger partial charge in [0.15, 0.2) is 5.84 Å². The van der Waals surface area contributed by atoms with Crippen LogP contribution in [-0.2, 0) is 9.59 Å². The molecule has 2 aromatic carbocycles. The van der Waals surface area contributed by atoms with Crippen LogP contribution >= 0.6 is 0 Å². The van der Waals surface area contributed by atoms with E-state index in [0.717, 1.165) is 5.56 Å². The third-order valence-corrected chi connectivity index (χ3v) is 3.50. The average molecular weight is 335 g/mol. The minimum Gasteiger partial charge on any atom is -0.311 e. The Kier molecular flexibility index (Phi) is 4.65. The van der Waals surface area contributed by atoms with Gasteiger partial charge in [-0.2, -0.15) is 15.2 Å². The molecule has 3 rings (SSSR count). The number of amidine groups is 1. The summed E-state index contributed by atoms with van der Waals surface area (Å²) in [6.07, 6.45) is 0. The summed E-state index contributed by atoms with van der Waals surface area (Å²) in [7, 11) is 0. The Morgan fingerprint density at radius 2 is 1.92 bits per heavy atom. The summed E-state index contributed by atoms with van der Waals surface area (Å²) in [4.78, 5) is 24.1. The quantitative estimate of drug-likeness (QED) is 0.874. The van der Waals surface area contributed by atoms with Crippen LogP contribution in [0.2, 0.25) is 0 Å². The minimum atomic E-state index is -0.982. The number of benzene rings is 2. The first-order valence-corrected chi connectivity index (χ1v) is 7.77. The number of aryl methyl sites for hydroxylation is 1. The first-order valence-electron chi connectivity index (χ1n) is 7.77. The van der Waals surface area contributed by atoms with Crippen LogP contribution in [0.5, 0.6) is 0 Å². The molecule has 0 unspecified atom stereocenters. The zero-order valence-electron chi connectivity index (χ0n) is 13.9. The maximum absolute atomic E-state index is 12.7. The van der Waals surface area contributed by atoms with Crippen LogP contribution in [0.15, 0.2) is 69.9 Å². The zero-order valence-corrected chi connectivity index (χ0v) is 13.9. The Morgan fingerprint density at radius 1 is 1.16 bits per heavy atom. The lowest BCUT2D eigenvalue weighted by Crippen LogP contribution is -2.38. The standard InChI is InChI=1S/C18H17N5O2/c1-12-7-6-8-14(11-12)20-21-16-17(19-13(2)24)22-23(18(16)25)15-9-4-3-5-10-15/h3-11,16H,1-2H3,(H,19,22,24)/t16-/m0/s1. The third-order valence-electron chi connectivity index (χ3n) is 3.50. The predicted molar refractivity (Wildman–Crippen MR) is 94.7 cm³/mol. The number of hydrazone groups is 1. The number of anilines is 1. The third kappa shape index (κ3) is 3.77. The van der Waals surface area contributed by atoms with Crippen LogP contribution in [0.4, 0.5) is 11.4 Å². The minimum absolute atomic E-state index is 0.165. The summed E-state index contributed by atoms with van der Waals surface area (Å²) in [6.45, 7) is 3.30. The first-order chi connectivity index (χ1) is 12.0. The highest BCUT2D eigenvalue weighted by atomic mass is 16.2. The van der Waals surface area contributed by atoms with E-state index in [1.54, 1.807) is 30.3 Å². The molecule has 1 N–H and O–H groups in total. The van der Waals surface area contributed by atoms with Crippen molar-refractivity contribution in [2.45, 2.75) is 19.9 Å². The number of carbonyl (C=O) groups is 2. The lowest BCUT2D eigenvalue weighted by Gasteiger charge is -2.11. The van der Waals surface area contributed by atoms with E-state index in [-0.39, 0.29) is 17.6 Å². The molecule has 2 amide bonds. The van der Waals surface area contributed by atoms with Crippen LogP contribution in [0.25, 0.3) is 0 Å². The van der Waals surface area contributed by atoms with Crippen LogP contribution in [-0.4, -0.2) is 23.7 Å². The largest absolute Gasteiger partial charge is 0.311 e. The lowest BCUT2D eigenvalue weighted by atomic mass is 10.2. The van der Waals surface area contributed by atoms with Crippen molar-refractivity contribution in [2.75, 3.05) is 5.01 Å².